The van der Waals surface area contributed by atoms with Crippen LogP contribution in [0.2, 0.25) is 0 Å². The normalized spacial score (nSPS) is 9.45. The Morgan fingerprint density at radius 3 is 1.45 bits per heavy atom. The highest BCUT2D eigenvalue weighted by atomic mass is 16.2. The average molecular weight is 157 g/mol. The van der Waals surface area contributed by atoms with Crippen molar-refractivity contribution in [1.29, 1.82) is 0 Å². The molecule has 62 valence electrons. The molecular formula is C7H11NO3. The molecule has 1 N–H and O–H groups in total. The largest absolute Gasteiger partial charge is 0.340 e. The van der Waals surface area contributed by atoms with Crippen LogP contribution >= 0.6 is 0 Å². The number of rotatable bonds is 3. The van der Waals surface area contributed by atoms with Crippen LogP contribution in [0.15, 0.2) is 0 Å². The summed E-state index contributed by atoms with van der Waals surface area (Å²) in [6.45, 7) is 3.79. The Bertz CT molecular complexity index is 184. The average Bonchev–Trinajstić information content (AvgIpc) is 1.81. The van der Waals surface area contributed by atoms with Crippen molar-refractivity contribution in [2.24, 2.45) is 0 Å². The Balaban J connectivity index is 4.23. The Kier molecular flexibility index (Phi) is 3.44. The number of carbonyl (C=O) groups excluding carboxylic acids is 3. The minimum Gasteiger partial charge on any atom is -0.340 e. The zero-order chi connectivity index (χ0) is 9.02. The van der Waals surface area contributed by atoms with Crippen LogP contribution in [-0.2, 0) is 14.4 Å². The van der Waals surface area contributed by atoms with E-state index in [1.54, 1.807) is 0 Å². The third-order valence-electron chi connectivity index (χ3n) is 1.16. The van der Waals surface area contributed by atoms with Gasteiger partial charge in [0.25, 0.3) is 0 Å². The number of hydrogen-bond acceptors (Lipinski definition) is 3. The lowest BCUT2D eigenvalue weighted by molar-refractivity contribution is -0.132. The zero-order valence-electron chi connectivity index (χ0n) is 6.80. The predicted octanol–water partition coefficient (Wildman–Crippen LogP) is -0.331. The first-order valence-electron chi connectivity index (χ1n) is 3.23. The molecule has 0 saturated carbocycles. The Hall–Kier alpha value is -1.19. The molecule has 0 radical (unpaired) electrons. The summed E-state index contributed by atoms with van der Waals surface area (Å²) in [5, 5.41) is 2.24. The van der Waals surface area contributed by atoms with Crippen molar-refractivity contribution in [1.82, 2.24) is 5.32 Å². The SMILES string of the molecule is CC(=O)NC(C(C)=O)C(C)=O. The van der Waals surface area contributed by atoms with Gasteiger partial charge >= 0.3 is 0 Å². The third kappa shape index (κ3) is 3.50. The van der Waals surface area contributed by atoms with Crippen molar-refractivity contribution in [3.63, 3.8) is 0 Å². The standard InChI is InChI=1S/C7H11NO3/c1-4(9)7(5(2)10)8-6(3)11/h7H,1-3H3,(H,8,11). The molecule has 4 heteroatoms. The van der Waals surface area contributed by atoms with Gasteiger partial charge in [-0.1, -0.05) is 0 Å². The van der Waals surface area contributed by atoms with E-state index in [9.17, 15) is 14.4 Å². The van der Waals surface area contributed by atoms with Gasteiger partial charge < -0.3 is 5.32 Å². The smallest absolute Gasteiger partial charge is 0.217 e. The Morgan fingerprint density at radius 2 is 1.36 bits per heavy atom. The predicted molar refractivity (Wildman–Crippen MR) is 39.0 cm³/mol. The van der Waals surface area contributed by atoms with E-state index in [4.69, 9.17) is 0 Å². The van der Waals surface area contributed by atoms with E-state index < -0.39 is 6.04 Å². The first kappa shape index (κ1) is 9.81. The lowest BCUT2D eigenvalue weighted by Crippen LogP contribution is -2.43. The van der Waals surface area contributed by atoms with Gasteiger partial charge in [-0.15, -0.1) is 0 Å². The van der Waals surface area contributed by atoms with Gasteiger partial charge in [-0.05, 0) is 13.8 Å². The summed E-state index contributed by atoms with van der Waals surface area (Å²) in [6, 6.07) is -0.965. The van der Waals surface area contributed by atoms with Crippen molar-refractivity contribution in [3.05, 3.63) is 0 Å². The van der Waals surface area contributed by atoms with Crippen molar-refractivity contribution >= 4 is 17.5 Å². The van der Waals surface area contributed by atoms with Gasteiger partial charge in [0, 0.05) is 6.92 Å². The molecular weight excluding hydrogens is 146 g/mol. The molecule has 0 aliphatic heterocycles. The molecule has 0 aliphatic rings. The molecule has 1 amide bonds. The fourth-order valence-corrected chi connectivity index (χ4v) is 0.693. The second-order valence-electron chi connectivity index (χ2n) is 2.35. The maximum Gasteiger partial charge on any atom is 0.217 e. The van der Waals surface area contributed by atoms with E-state index in [1.165, 1.54) is 20.8 Å². The van der Waals surface area contributed by atoms with Gasteiger partial charge in [0.2, 0.25) is 5.91 Å². The highest BCUT2D eigenvalue weighted by Gasteiger charge is 2.19. The lowest BCUT2D eigenvalue weighted by atomic mass is 10.1. The van der Waals surface area contributed by atoms with Gasteiger partial charge in [0.1, 0.15) is 6.04 Å². The van der Waals surface area contributed by atoms with Crippen LogP contribution in [0.5, 0.6) is 0 Å². The summed E-state index contributed by atoms with van der Waals surface area (Å²) in [7, 11) is 0. The topological polar surface area (TPSA) is 63.2 Å². The molecule has 0 aliphatic carbocycles. The summed E-state index contributed by atoms with van der Waals surface area (Å²) in [4.78, 5) is 31.8. The van der Waals surface area contributed by atoms with Crippen LogP contribution in [-0.4, -0.2) is 23.5 Å². The number of hydrogen-bond donors (Lipinski definition) is 1. The zero-order valence-corrected chi connectivity index (χ0v) is 6.80. The van der Waals surface area contributed by atoms with Crippen LogP contribution < -0.4 is 5.32 Å². The summed E-state index contributed by atoms with van der Waals surface area (Å²) in [5.74, 6) is -1.05. The maximum absolute atomic E-state index is 10.7. The van der Waals surface area contributed by atoms with Crippen molar-refractivity contribution in [2.45, 2.75) is 26.8 Å². The molecule has 0 unspecified atom stereocenters. The molecule has 0 bridgehead atoms. The van der Waals surface area contributed by atoms with Crippen LogP contribution in [0.4, 0.5) is 0 Å². The molecule has 0 atom stereocenters. The second kappa shape index (κ2) is 3.85. The molecule has 0 aromatic rings. The number of Topliss-reactive ketones (excluding diaryl/α,β-unsaturated/α-hetero) is 2. The monoisotopic (exact) mass is 157 g/mol. The number of ketones is 2. The number of carbonyl (C=O) groups is 3. The number of nitrogens with one attached hydrogen (secondary N) is 1. The fourth-order valence-electron chi connectivity index (χ4n) is 0.693. The molecule has 0 aromatic carbocycles. The van der Waals surface area contributed by atoms with Gasteiger partial charge in [-0.25, -0.2) is 0 Å². The minimum atomic E-state index is -0.965. The van der Waals surface area contributed by atoms with Crippen molar-refractivity contribution < 1.29 is 14.4 Å². The Morgan fingerprint density at radius 1 is 1.00 bits per heavy atom. The van der Waals surface area contributed by atoms with E-state index in [2.05, 4.69) is 5.32 Å². The quantitative estimate of drug-likeness (QED) is 0.570. The molecule has 11 heavy (non-hydrogen) atoms. The highest BCUT2D eigenvalue weighted by Crippen LogP contribution is 1.87. The summed E-state index contributed by atoms with van der Waals surface area (Å²) < 4.78 is 0. The molecule has 0 fully saturated rings. The lowest BCUT2D eigenvalue weighted by Gasteiger charge is -2.09. The molecule has 0 aromatic heterocycles. The fraction of sp³-hybridized carbons (Fsp3) is 0.571. The maximum atomic E-state index is 10.7. The van der Waals surface area contributed by atoms with E-state index in [0.717, 1.165) is 0 Å². The molecule has 0 heterocycles. The van der Waals surface area contributed by atoms with Crippen LogP contribution in [0.3, 0.4) is 0 Å². The molecule has 0 spiro atoms. The second-order valence-corrected chi connectivity index (χ2v) is 2.35. The number of amides is 1. The van der Waals surface area contributed by atoms with Gasteiger partial charge in [0.15, 0.2) is 11.6 Å². The van der Waals surface area contributed by atoms with Gasteiger partial charge in [0.05, 0.1) is 0 Å². The van der Waals surface area contributed by atoms with E-state index in [0.29, 0.717) is 0 Å². The van der Waals surface area contributed by atoms with Crippen LogP contribution in [0.25, 0.3) is 0 Å². The first-order chi connectivity index (χ1) is 4.95. The minimum absolute atomic E-state index is 0.340. The summed E-state index contributed by atoms with van der Waals surface area (Å²) in [5.41, 5.74) is 0. The van der Waals surface area contributed by atoms with Gasteiger partial charge in [-0.2, -0.15) is 0 Å². The van der Waals surface area contributed by atoms with E-state index >= 15 is 0 Å². The van der Waals surface area contributed by atoms with Crippen LogP contribution in [0.1, 0.15) is 20.8 Å². The van der Waals surface area contributed by atoms with Gasteiger partial charge in [-0.3, -0.25) is 14.4 Å². The first-order valence-corrected chi connectivity index (χ1v) is 3.23. The third-order valence-corrected chi connectivity index (χ3v) is 1.16. The van der Waals surface area contributed by atoms with E-state index in [-0.39, 0.29) is 17.5 Å². The van der Waals surface area contributed by atoms with E-state index in [1.807, 2.05) is 0 Å². The highest BCUT2D eigenvalue weighted by molar-refractivity contribution is 6.06. The molecule has 4 nitrogen and oxygen atoms in total. The van der Waals surface area contributed by atoms with Crippen molar-refractivity contribution in [2.75, 3.05) is 0 Å². The van der Waals surface area contributed by atoms with Crippen molar-refractivity contribution in [3.8, 4) is 0 Å². The Labute approximate surface area is 65.0 Å². The summed E-state index contributed by atoms with van der Waals surface area (Å²) >= 11 is 0. The molecule has 0 saturated heterocycles. The molecule has 0 rings (SSSR count). The van der Waals surface area contributed by atoms with Crippen LogP contribution in [0, 0.1) is 0 Å². The summed E-state index contributed by atoms with van der Waals surface area (Å²) in [6.07, 6.45) is 0.